The van der Waals surface area contributed by atoms with Crippen molar-refractivity contribution in [2.75, 3.05) is 6.61 Å². The van der Waals surface area contributed by atoms with Crippen LogP contribution in [0.5, 0.6) is 0 Å². The van der Waals surface area contributed by atoms with E-state index in [2.05, 4.69) is 50.4 Å². The lowest BCUT2D eigenvalue weighted by molar-refractivity contribution is -0.151. The number of carbonyl (C=O) groups excluding carboxylic acids is 2. The Labute approximate surface area is 327 Å². The van der Waals surface area contributed by atoms with E-state index in [-0.39, 0.29) is 24.9 Å². The van der Waals surface area contributed by atoms with Crippen LogP contribution in [0.15, 0.2) is 60.8 Å². The SMILES string of the molecule is CC/C=C/C=C/C=C\C=C/CCCC(CC(=O)NC(CO)C(O)CCCCCCCCCCCCC)OC(=O)CCCCCCC/C=C\CCCCC. The van der Waals surface area contributed by atoms with Crippen molar-refractivity contribution in [1.82, 2.24) is 5.32 Å². The molecule has 0 aliphatic heterocycles. The number of aliphatic hydroxyl groups is 2. The minimum Gasteiger partial charge on any atom is -0.462 e. The molecule has 3 N–H and O–H groups in total. The van der Waals surface area contributed by atoms with Crippen LogP contribution >= 0.6 is 0 Å². The summed E-state index contributed by atoms with van der Waals surface area (Å²) in [5, 5.41) is 23.6. The molecule has 53 heavy (non-hydrogen) atoms. The monoisotopic (exact) mass is 742 g/mol. The molecule has 3 atom stereocenters. The summed E-state index contributed by atoms with van der Waals surface area (Å²) in [5.74, 6) is -0.558. The molecule has 0 aromatic carbocycles. The number of nitrogens with one attached hydrogen (secondary N) is 1. The normalized spacial score (nSPS) is 14.0. The highest BCUT2D eigenvalue weighted by Crippen LogP contribution is 2.16. The third-order valence-corrected chi connectivity index (χ3v) is 9.68. The van der Waals surface area contributed by atoms with Gasteiger partial charge in [0.15, 0.2) is 0 Å². The van der Waals surface area contributed by atoms with Gasteiger partial charge in [0.1, 0.15) is 6.10 Å². The number of hydrogen-bond donors (Lipinski definition) is 3. The Morgan fingerprint density at radius 1 is 0.566 bits per heavy atom. The van der Waals surface area contributed by atoms with Gasteiger partial charge in [-0.25, -0.2) is 0 Å². The highest BCUT2D eigenvalue weighted by Gasteiger charge is 2.24. The van der Waals surface area contributed by atoms with E-state index in [0.29, 0.717) is 19.3 Å². The summed E-state index contributed by atoms with van der Waals surface area (Å²) in [6.07, 6.45) is 48.6. The molecule has 0 saturated heterocycles. The van der Waals surface area contributed by atoms with Gasteiger partial charge in [-0.1, -0.05) is 184 Å². The van der Waals surface area contributed by atoms with Crippen LogP contribution in [0.1, 0.15) is 201 Å². The lowest BCUT2D eigenvalue weighted by atomic mass is 10.0. The van der Waals surface area contributed by atoms with Gasteiger partial charge in [-0.05, 0) is 64.2 Å². The minimum atomic E-state index is -0.805. The van der Waals surface area contributed by atoms with E-state index in [0.717, 1.165) is 64.2 Å². The molecular formula is C47H83NO5. The summed E-state index contributed by atoms with van der Waals surface area (Å²) >= 11 is 0. The van der Waals surface area contributed by atoms with Crippen molar-refractivity contribution in [3.05, 3.63) is 60.8 Å². The molecule has 0 radical (unpaired) electrons. The zero-order valence-corrected chi connectivity index (χ0v) is 34.6. The van der Waals surface area contributed by atoms with Gasteiger partial charge in [-0.2, -0.15) is 0 Å². The number of aliphatic hydroxyl groups excluding tert-OH is 2. The molecular weight excluding hydrogens is 659 g/mol. The Bertz CT molecular complexity index is 968. The third kappa shape index (κ3) is 36.3. The van der Waals surface area contributed by atoms with Gasteiger partial charge in [-0.3, -0.25) is 9.59 Å². The number of amides is 1. The average molecular weight is 742 g/mol. The van der Waals surface area contributed by atoms with E-state index in [1.54, 1.807) is 0 Å². The van der Waals surface area contributed by atoms with Gasteiger partial charge < -0.3 is 20.3 Å². The molecule has 0 saturated carbocycles. The highest BCUT2D eigenvalue weighted by molar-refractivity contribution is 5.77. The van der Waals surface area contributed by atoms with Crippen LogP contribution in [0.3, 0.4) is 0 Å². The molecule has 0 rings (SSSR count). The molecule has 0 aliphatic carbocycles. The van der Waals surface area contributed by atoms with Crippen molar-refractivity contribution in [2.45, 2.75) is 219 Å². The predicted molar refractivity (Wildman–Crippen MR) is 227 cm³/mol. The van der Waals surface area contributed by atoms with Crippen LogP contribution in [-0.4, -0.2) is 46.9 Å². The Morgan fingerprint density at radius 3 is 1.66 bits per heavy atom. The van der Waals surface area contributed by atoms with Crippen LogP contribution in [-0.2, 0) is 14.3 Å². The molecule has 3 unspecified atom stereocenters. The maximum absolute atomic E-state index is 13.1. The maximum Gasteiger partial charge on any atom is 0.306 e. The summed E-state index contributed by atoms with van der Waals surface area (Å²) in [4.78, 5) is 25.9. The van der Waals surface area contributed by atoms with Crippen molar-refractivity contribution in [3.63, 3.8) is 0 Å². The predicted octanol–water partition coefficient (Wildman–Crippen LogP) is 12.5. The Balaban J connectivity index is 4.70. The minimum absolute atomic E-state index is 0.0268. The molecule has 0 aliphatic rings. The van der Waals surface area contributed by atoms with E-state index in [4.69, 9.17) is 4.74 Å². The van der Waals surface area contributed by atoms with E-state index in [1.165, 1.54) is 89.9 Å². The number of allylic oxidation sites excluding steroid dienone is 10. The topological polar surface area (TPSA) is 95.9 Å². The quantitative estimate of drug-likeness (QED) is 0.0253. The van der Waals surface area contributed by atoms with Crippen LogP contribution in [0.2, 0.25) is 0 Å². The van der Waals surface area contributed by atoms with Crippen molar-refractivity contribution in [2.24, 2.45) is 0 Å². The lowest BCUT2D eigenvalue weighted by Crippen LogP contribution is -2.46. The molecule has 0 fully saturated rings. The van der Waals surface area contributed by atoms with E-state index in [9.17, 15) is 19.8 Å². The summed E-state index contributed by atoms with van der Waals surface area (Å²) in [5.41, 5.74) is 0. The van der Waals surface area contributed by atoms with Crippen LogP contribution < -0.4 is 5.32 Å². The van der Waals surface area contributed by atoms with Crippen LogP contribution in [0.4, 0.5) is 0 Å². The van der Waals surface area contributed by atoms with Gasteiger partial charge in [0, 0.05) is 6.42 Å². The number of rotatable bonds is 38. The first-order valence-electron chi connectivity index (χ1n) is 22.1. The molecule has 306 valence electrons. The number of carbonyl (C=O) groups is 2. The summed E-state index contributed by atoms with van der Waals surface area (Å²) in [6.45, 7) is 6.26. The smallest absolute Gasteiger partial charge is 0.306 e. The largest absolute Gasteiger partial charge is 0.462 e. The standard InChI is InChI=1S/C47H83NO5/c1-4-7-10-13-16-19-22-25-28-31-34-37-40-47(52)53-43(38-35-32-29-26-23-20-17-14-11-8-5-2)41-46(51)48-44(42-49)45(50)39-36-33-30-27-24-21-18-15-12-9-6-3/h8,11,14,16-17,19-20,23,26,29,43-45,49-50H,4-7,9-10,12-13,15,18,21-22,24-25,27-28,30-42H2,1-3H3,(H,48,51)/b11-8+,17-14+,19-16-,23-20-,29-26-. The van der Waals surface area contributed by atoms with Crippen molar-refractivity contribution < 1.29 is 24.5 Å². The van der Waals surface area contributed by atoms with Crippen LogP contribution in [0, 0.1) is 0 Å². The Hall–Kier alpha value is -2.44. The first-order valence-corrected chi connectivity index (χ1v) is 22.1. The van der Waals surface area contributed by atoms with Gasteiger partial charge in [0.2, 0.25) is 5.91 Å². The second-order valence-electron chi connectivity index (χ2n) is 14.8. The maximum atomic E-state index is 13.1. The first-order chi connectivity index (χ1) is 26.0. The number of esters is 1. The highest BCUT2D eigenvalue weighted by atomic mass is 16.5. The molecule has 0 spiro atoms. The van der Waals surface area contributed by atoms with Crippen molar-refractivity contribution in [1.29, 1.82) is 0 Å². The summed E-state index contributed by atoms with van der Waals surface area (Å²) in [7, 11) is 0. The second kappa shape index (κ2) is 40.7. The first kappa shape index (κ1) is 50.6. The van der Waals surface area contributed by atoms with Gasteiger partial charge >= 0.3 is 5.97 Å². The zero-order chi connectivity index (χ0) is 38.9. The fourth-order valence-corrected chi connectivity index (χ4v) is 6.32. The fraction of sp³-hybridized carbons (Fsp3) is 0.745. The summed E-state index contributed by atoms with van der Waals surface area (Å²) in [6, 6.07) is -0.722. The number of ether oxygens (including phenoxy) is 1. The van der Waals surface area contributed by atoms with Gasteiger partial charge in [0.25, 0.3) is 0 Å². The lowest BCUT2D eigenvalue weighted by Gasteiger charge is -2.24. The Kier molecular flexibility index (Phi) is 38.9. The molecule has 1 amide bonds. The van der Waals surface area contributed by atoms with Crippen molar-refractivity contribution in [3.8, 4) is 0 Å². The molecule has 0 aromatic rings. The average Bonchev–Trinajstić information content (AvgIpc) is 3.15. The third-order valence-electron chi connectivity index (χ3n) is 9.68. The van der Waals surface area contributed by atoms with Gasteiger partial charge in [0.05, 0.1) is 25.2 Å². The number of unbranched alkanes of at least 4 members (excludes halogenated alkanes) is 19. The van der Waals surface area contributed by atoms with E-state index >= 15 is 0 Å². The Morgan fingerprint density at radius 2 is 1.06 bits per heavy atom. The summed E-state index contributed by atoms with van der Waals surface area (Å²) < 4.78 is 5.85. The van der Waals surface area contributed by atoms with Crippen LogP contribution in [0.25, 0.3) is 0 Å². The molecule has 0 aromatic heterocycles. The van der Waals surface area contributed by atoms with E-state index < -0.39 is 18.2 Å². The van der Waals surface area contributed by atoms with Gasteiger partial charge in [-0.15, -0.1) is 0 Å². The zero-order valence-electron chi connectivity index (χ0n) is 34.6. The second-order valence-corrected chi connectivity index (χ2v) is 14.8. The molecule has 6 heteroatoms. The molecule has 6 nitrogen and oxygen atoms in total. The molecule has 0 heterocycles. The fourth-order valence-electron chi connectivity index (χ4n) is 6.32. The van der Waals surface area contributed by atoms with E-state index in [1.807, 2.05) is 36.5 Å². The number of hydrogen-bond acceptors (Lipinski definition) is 5. The van der Waals surface area contributed by atoms with Crippen molar-refractivity contribution >= 4 is 11.9 Å². The molecule has 0 bridgehead atoms.